The molecule has 0 spiro atoms. The molecule has 18 heavy (non-hydrogen) atoms. The smallest absolute Gasteiger partial charge is 0.302 e. The molecule has 0 amide bonds. The second kappa shape index (κ2) is 3.84. The predicted octanol–water partition coefficient (Wildman–Crippen LogP) is 2.07. The SMILES string of the molecule is Cc1ccc[n+](O)c1-c1nc2ccccc2n1C. The number of rotatable bonds is 1. The first-order valence-corrected chi connectivity index (χ1v) is 5.81. The van der Waals surface area contributed by atoms with Crippen LogP contribution >= 0.6 is 0 Å². The summed E-state index contributed by atoms with van der Waals surface area (Å²) in [7, 11) is 1.96. The van der Waals surface area contributed by atoms with Crippen LogP contribution in [0.25, 0.3) is 22.6 Å². The fraction of sp³-hybridized carbons (Fsp3) is 0.143. The molecule has 4 heteroatoms. The Morgan fingerprint density at radius 1 is 1.17 bits per heavy atom. The Morgan fingerprint density at radius 3 is 2.67 bits per heavy atom. The summed E-state index contributed by atoms with van der Waals surface area (Å²) in [6, 6.07) is 11.7. The first-order valence-electron chi connectivity index (χ1n) is 5.81. The lowest BCUT2D eigenvalue weighted by molar-refractivity contribution is -0.896. The number of para-hydroxylation sites is 2. The van der Waals surface area contributed by atoms with Crippen LogP contribution in [-0.2, 0) is 7.05 Å². The van der Waals surface area contributed by atoms with E-state index in [-0.39, 0.29) is 0 Å². The molecular weight excluding hydrogens is 226 g/mol. The normalized spacial score (nSPS) is 11.0. The summed E-state index contributed by atoms with van der Waals surface area (Å²) in [5.41, 5.74) is 3.68. The number of nitrogens with zero attached hydrogens (tertiary/aromatic N) is 3. The zero-order valence-corrected chi connectivity index (χ0v) is 10.3. The Kier molecular flexibility index (Phi) is 2.30. The van der Waals surface area contributed by atoms with E-state index >= 15 is 0 Å². The van der Waals surface area contributed by atoms with Crippen LogP contribution in [0.3, 0.4) is 0 Å². The molecule has 0 unspecified atom stereocenters. The molecule has 0 aliphatic carbocycles. The second-order valence-corrected chi connectivity index (χ2v) is 4.37. The molecule has 90 valence electrons. The average Bonchev–Trinajstić information content (AvgIpc) is 2.68. The highest BCUT2D eigenvalue weighted by atomic mass is 16.5. The quantitative estimate of drug-likeness (QED) is 0.522. The van der Waals surface area contributed by atoms with E-state index in [1.807, 2.05) is 54.9 Å². The van der Waals surface area contributed by atoms with Gasteiger partial charge in [-0.25, -0.2) is 4.98 Å². The monoisotopic (exact) mass is 240 g/mol. The fourth-order valence-electron chi connectivity index (χ4n) is 2.24. The number of pyridine rings is 1. The third-order valence-electron chi connectivity index (χ3n) is 3.18. The summed E-state index contributed by atoms with van der Waals surface area (Å²) in [5, 5.41) is 9.96. The highest BCUT2D eigenvalue weighted by Crippen LogP contribution is 2.22. The van der Waals surface area contributed by atoms with Crippen LogP contribution in [-0.4, -0.2) is 14.8 Å². The van der Waals surface area contributed by atoms with Crippen LogP contribution in [0.5, 0.6) is 0 Å². The lowest BCUT2D eigenvalue weighted by Gasteiger charge is -2.01. The lowest BCUT2D eigenvalue weighted by atomic mass is 10.2. The number of imidazole rings is 1. The van der Waals surface area contributed by atoms with Crippen molar-refractivity contribution in [1.29, 1.82) is 0 Å². The molecule has 0 saturated carbocycles. The van der Waals surface area contributed by atoms with Crippen molar-refractivity contribution in [1.82, 2.24) is 9.55 Å². The molecule has 0 atom stereocenters. The van der Waals surface area contributed by atoms with Crippen molar-refractivity contribution >= 4 is 11.0 Å². The van der Waals surface area contributed by atoms with Crippen molar-refractivity contribution < 1.29 is 9.94 Å². The van der Waals surface area contributed by atoms with E-state index in [4.69, 9.17) is 0 Å². The van der Waals surface area contributed by atoms with Gasteiger partial charge < -0.3 is 4.57 Å². The third kappa shape index (κ3) is 1.46. The molecule has 0 aliphatic rings. The highest BCUT2D eigenvalue weighted by molar-refractivity contribution is 5.79. The Hall–Kier alpha value is -2.36. The standard InChI is InChI=1S/C14H14N3O/c1-10-6-5-9-17(18)13(10)14-15-11-7-3-4-8-12(11)16(14)2/h3-9,18H,1-2H3/q+1. The van der Waals surface area contributed by atoms with Gasteiger partial charge in [-0.15, -0.1) is 0 Å². The van der Waals surface area contributed by atoms with Gasteiger partial charge in [-0.1, -0.05) is 12.1 Å². The van der Waals surface area contributed by atoms with Gasteiger partial charge in [0.25, 0.3) is 0 Å². The van der Waals surface area contributed by atoms with Crippen LogP contribution in [0.4, 0.5) is 0 Å². The van der Waals surface area contributed by atoms with Gasteiger partial charge in [-0.05, 0) is 25.1 Å². The van der Waals surface area contributed by atoms with E-state index in [1.165, 1.54) is 0 Å². The van der Waals surface area contributed by atoms with Crippen LogP contribution in [0.15, 0.2) is 42.6 Å². The molecule has 3 aromatic rings. The van der Waals surface area contributed by atoms with Gasteiger partial charge in [0, 0.05) is 23.4 Å². The first kappa shape index (κ1) is 10.8. The van der Waals surface area contributed by atoms with E-state index in [9.17, 15) is 5.21 Å². The largest absolute Gasteiger partial charge is 0.322 e. The molecule has 0 radical (unpaired) electrons. The maximum absolute atomic E-state index is 9.96. The Bertz CT molecular complexity index is 711. The predicted molar refractivity (Wildman–Crippen MR) is 68.3 cm³/mol. The van der Waals surface area contributed by atoms with Gasteiger partial charge >= 0.3 is 5.69 Å². The zero-order valence-electron chi connectivity index (χ0n) is 10.3. The van der Waals surface area contributed by atoms with Gasteiger partial charge in [-0.2, -0.15) is 0 Å². The van der Waals surface area contributed by atoms with Crippen molar-refractivity contribution in [2.45, 2.75) is 6.92 Å². The van der Waals surface area contributed by atoms with Crippen LogP contribution in [0, 0.1) is 6.92 Å². The first-order chi connectivity index (χ1) is 8.68. The number of benzene rings is 1. The Labute approximate surface area is 105 Å². The fourth-order valence-corrected chi connectivity index (χ4v) is 2.24. The maximum Gasteiger partial charge on any atom is 0.302 e. The molecule has 2 aromatic heterocycles. The van der Waals surface area contributed by atoms with Gasteiger partial charge in [0.2, 0.25) is 12.0 Å². The van der Waals surface area contributed by atoms with E-state index < -0.39 is 0 Å². The number of aryl methyl sites for hydroxylation is 2. The van der Waals surface area contributed by atoms with Crippen LogP contribution < -0.4 is 4.73 Å². The van der Waals surface area contributed by atoms with Crippen LogP contribution in [0.1, 0.15) is 5.56 Å². The van der Waals surface area contributed by atoms with Gasteiger partial charge in [-0.3, -0.25) is 5.21 Å². The van der Waals surface area contributed by atoms with Crippen molar-refractivity contribution in [3.63, 3.8) is 0 Å². The topological polar surface area (TPSA) is 41.9 Å². The third-order valence-corrected chi connectivity index (χ3v) is 3.18. The second-order valence-electron chi connectivity index (χ2n) is 4.37. The highest BCUT2D eigenvalue weighted by Gasteiger charge is 2.22. The molecule has 3 rings (SSSR count). The van der Waals surface area contributed by atoms with Crippen molar-refractivity contribution in [2.24, 2.45) is 7.05 Å². The molecule has 0 saturated heterocycles. The number of fused-ring (bicyclic) bond motifs is 1. The molecule has 1 N–H and O–H groups in total. The van der Waals surface area contributed by atoms with Crippen molar-refractivity contribution in [3.8, 4) is 11.5 Å². The van der Waals surface area contributed by atoms with Gasteiger partial charge in [0.05, 0.1) is 11.0 Å². The molecule has 0 bridgehead atoms. The molecule has 2 heterocycles. The van der Waals surface area contributed by atoms with Crippen molar-refractivity contribution in [3.05, 3.63) is 48.2 Å². The Morgan fingerprint density at radius 2 is 1.94 bits per heavy atom. The summed E-state index contributed by atoms with van der Waals surface area (Å²) in [4.78, 5) is 4.59. The van der Waals surface area contributed by atoms with E-state index in [0.717, 1.165) is 32.8 Å². The van der Waals surface area contributed by atoms with E-state index in [2.05, 4.69) is 4.98 Å². The Balaban J connectivity index is 2.36. The molecule has 4 nitrogen and oxygen atoms in total. The number of hydrogen-bond acceptors (Lipinski definition) is 2. The average molecular weight is 240 g/mol. The van der Waals surface area contributed by atoms with E-state index in [1.54, 1.807) is 6.20 Å². The van der Waals surface area contributed by atoms with Crippen LogP contribution in [0.2, 0.25) is 0 Å². The molecule has 1 aromatic carbocycles. The van der Waals surface area contributed by atoms with Gasteiger partial charge in [0.15, 0.2) is 0 Å². The summed E-state index contributed by atoms with van der Waals surface area (Å²) < 4.78 is 3.11. The number of hydrogen-bond donors (Lipinski definition) is 1. The zero-order chi connectivity index (χ0) is 12.7. The summed E-state index contributed by atoms with van der Waals surface area (Å²) in [6.45, 7) is 1.96. The molecular formula is C14H14N3O+. The van der Waals surface area contributed by atoms with E-state index in [0.29, 0.717) is 0 Å². The summed E-state index contributed by atoms with van der Waals surface area (Å²) in [5.74, 6) is 0.761. The van der Waals surface area contributed by atoms with Crippen molar-refractivity contribution in [2.75, 3.05) is 0 Å². The summed E-state index contributed by atoms with van der Waals surface area (Å²) in [6.07, 6.45) is 1.61. The maximum atomic E-state index is 9.96. The molecule has 0 aliphatic heterocycles. The number of aromatic nitrogens is 3. The minimum Gasteiger partial charge on any atom is -0.322 e. The minimum absolute atomic E-state index is 0.719. The lowest BCUT2D eigenvalue weighted by Crippen LogP contribution is -2.33. The van der Waals surface area contributed by atoms with Gasteiger partial charge in [0.1, 0.15) is 0 Å². The molecule has 0 fully saturated rings. The summed E-state index contributed by atoms with van der Waals surface area (Å²) >= 11 is 0. The minimum atomic E-state index is 0.719.